The topological polar surface area (TPSA) is 118 Å². The molecule has 1 aromatic carbocycles. The van der Waals surface area contributed by atoms with Gasteiger partial charge in [-0.2, -0.15) is 0 Å². The molecule has 0 heterocycles. The third-order valence-corrected chi connectivity index (χ3v) is 3.61. The molecule has 0 radical (unpaired) electrons. The minimum atomic E-state index is -0.972. The summed E-state index contributed by atoms with van der Waals surface area (Å²) >= 11 is 0. The maximum atomic E-state index is 12.2. The molecule has 0 saturated heterocycles. The van der Waals surface area contributed by atoms with Crippen molar-refractivity contribution in [1.82, 2.24) is 5.32 Å². The summed E-state index contributed by atoms with van der Waals surface area (Å²) < 4.78 is 10.1. The monoisotopic (exact) mass is 363 g/mol. The molecule has 0 aromatic heterocycles. The standard InChI is InChI=1S/C18H25N3O5/c1-13(25-2)17(23)21-16(9-8-15(22)12-19)18(24)26-11-10-20-14-6-4-3-5-7-14/h3-7,12-13,16,19-20H,8-11H2,1-2H3,(H,21,23)/t13-,16-/m0/s1. The molecule has 0 bridgehead atoms. The smallest absolute Gasteiger partial charge is 0.328 e. The van der Waals surface area contributed by atoms with Gasteiger partial charge in [0.2, 0.25) is 5.91 Å². The van der Waals surface area contributed by atoms with E-state index < -0.39 is 29.8 Å². The first-order valence-electron chi connectivity index (χ1n) is 8.30. The van der Waals surface area contributed by atoms with Crippen molar-refractivity contribution in [1.29, 1.82) is 5.41 Å². The first kappa shape index (κ1) is 21.3. The van der Waals surface area contributed by atoms with Gasteiger partial charge in [0.25, 0.3) is 0 Å². The molecule has 0 aliphatic heterocycles. The lowest BCUT2D eigenvalue weighted by molar-refractivity contribution is -0.149. The van der Waals surface area contributed by atoms with Crippen LogP contribution in [0.2, 0.25) is 0 Å². The summed E-state index contributed by atoms with van der Waals surface area (Å²) in [5.41, 5.74) is 0.902. The number of carbonyl (C=O) groups excluding carboxylic acids is 3. The minimum Gasteiger partial charge on any atom is -0.462 e. The van der Waals surface area contributed by atoms with Crippen molar-refractivity contribution in [2.24, 2.45) is 0 Å². The third kappa shape index (κ3) is 7.89. The Morgan fingerprint density at radius 1 is 1.23 bits per heavy atom. The summed E-state index contributed by atoms with van der Waals surface area (Å²) in [7, 11) is 1.38. The van der Waals surface area contributed by atoms with E-state index in [0.717, 1.165) is 5.69 Å². The molecule has 2 atom stereocenters. The molecule has 142 valence electrons. The van der Waals surface area contributed by atoms with Crippen molar-refractivity contribution in [3.8, 4) is 0 Å². The third-order valence-electron chi connectivity index (χ3n) is 3.61. The van der Waals surface area contributed by atoms with Gasteiger partial charge in [0, 0.05) is 25.8 Å². The zero-order valence-electron chi connectivity index (χ0n) is 15.0. The van der Waals surface area contributed by atoms with Crippen molar-refractivity contribution >= 4 is 29.6 Å². The van der Waals surface area contributed by atoms with Gasteiger partial charge in [-0.1, -0.05) is 18.2 Å². The van der Waals surface area contributed by atoms with Crippen LogP contribution in [0.25, 0.3) is 0 Å². The number of ether oxygens (including phenoxy) is 2. The van der Waals surface area contributed by atoms with E-state index in [0.29, 0.717) is 12.8 Å². The van der Waals surface area contributed by atoms with Gasteiger partial charge in [0.05, 0.1) is 6.21 Å². The van der Waals surface area contributed by atoms with Gasteiger partial charge in [-0.3, -0.25) is 9.59 Å². The minimum absolute atomic E-state index is 0.0345. The molecule has 0 spiro atoms. The SMILES string of the molecule is CO[C@@H](C)C(=O)N[C@@H](CCC(=O)C=N)C(=O)OCCNc1ccccc1. The number of rotatable bonds is 12. The van der Waals surface area contributed by atoms with Crippen molar-refractivity contribution in [3.63, 3.8) is 0 Å². The van der Waals surface area contributed by atoms with Crippen molar-refractivity contribution < 1.29 is 23.9 Å². The fraction of sp³-hybridized carbons (Fsp3) is 0.444. The van der Waals surface area contributed by atoms with Gasteiger partial charge in [0.1, 0.15) is 18.8 Å². The summed E-state index contributed by atoms with van der Waals surface area (Å²) in [5, 5.41) is 12.5. The van der Waals surface area contributed by atoms with Crippen LogP contribution >= 0.6 is 0 Å². The molecule has 1 aromatic rings. The molecule has 26 heavy (non-hydrogen) atoms. The van der Waals surface area contributed by atoms with Crippen LogP contribution in [-0.4, -0.2) is 56.3 Å². The van der Waals surface area contributed by atoms with Crippen molar-refractivity contribution in [2.75, 3.05) is 25.6 Å². The van der Waals surface area contributed by atoms with E-state index in [1.54, 1.807) is 6.92 Å². The number of nitrogens with one attached hydrogen (secondary N) is 3. The lowest BCUT2D eigenvalue weighted by atomic mass is 10.1. The first-order valence-corrected chi connectivity index (χ1v) is 8.30. The Bertz CT molecular complexity index is 606. The number of hydrogen-bond acceptors (Lipinski definition) is 7. The van der Waals surface area contributed by atoms with Crippen LogP contribution in [0.4, 0.5) is 5.69 Å². The van der Waals surface area contributed by atoms with Crippen LogP contribution in [0.3, 0.4) is 0 Å². The molecule has 1 rings (SSSR count). The van der Waals surface area contributed by atoms with Crippen LogP contribution in [0.5, 0.6) is 0 Å². The molecule has 1 amide bonds. The second-order valence-corrected chi connectivity index (χ2v) is 5.55. The van der Waals surface area contributed by atoms with E-state index in [4.69, 9.17) is 14.9 Å². The number of carbonyl (C=O) groups is 3. The van der Waals surface area contributed by atoms with Gasteiger partial charge >= 0.3 is 5.97 Å². The molecule has 0 aliphatic carbocycles. The second kappa shape index (κ2) is 11.8. The molecular weight excluding hydrogens is 338 g/mol. The summed E-state index contributed by atoms with van der Waals surface area (Å²) in [5.74, 6) is -1.53. The average Bonchev–Trinajstić information content (AvgIpc) is 2.67. The van der Waals surface area contributed by atoms with Gasteiger partial charge in [-0.05, 0) is 25.5 Å². The number of Topliss-reactive ketones (excluding diaryl/α,β-unsaturated/α-hetero) is 1. The Hall–Kier alpha value is -2.74. The summed E-state index contributed by atoms with van der Waals surface area (Å²) in [4.78, 5) is 35.4. The second-order valence-electron chi connectivity index (χ2n) is 5.55. The zero-order valence-corrected chi connectivity index (χ0v) is 15.0. The largest absolute Gasteiger partial charge is 0.462 e. The van der Waals surface area contributed by atoms with E-state index >= 15 is 0 Å². The van der Waals surface area contributed by atoms with E-state index in [1.165, 1.54) is 7.11 Å². The predicted octanol–water partition coefficient (Wildman–Crippen LogP) is 1.16. The normalized spacial score (nSPS) is 12.5. The highest BCUT2D eigenvalue weighted by molar-refractivity contribution is 6.26. The van der Waals surface area contributed by atoms with E-state index in [1.807, 2.05) is 30.3 Å². The fourth-order valence-corrected chi connectivity index (χ4v) is 2.01. The molecule has 8 heteroatoms. The number of methoxy groups -OCH3 is 1. The number of hydrogen-bond donors (Lipinski definition) is 3. The fourth-order valence-electron chi connectivity index (χ4n) is 2.01. The highest BCUT2D eigenvalue weighted by atomic mass is 16.5. The number of benzene rings is 1. The maximum Gasteiger partial charge on any atom is 0.328 e. The van der Waals surface area contributed by atoms with Gasteiger partial charge < -0.3 is 25.5 Å². The number of amides is 1. The van der Waals surface area contributed by atoms with Crippen molar-refractivity contribution in [2.45, 2.75) is 31.9 Å². The summed E-state index contributed by atoms with van der Waals surface area (Å²) in [6, 6.07) is 8.48. The molecule has 0 saturated carbocycles. The lowest BCUT2D eigenvalue weighted by Crippen LogP contribution is -2.46. The Morgan fingerprint density at radius 2 is 1.92 bits per heavy atom. The molecule has 8 nitrogen and oxygen atoms in total. The molecule has 0 unspecified atom stereocenters. The van der Waals surface area contributed by atoms with E-state index in [-0.39, 0.29) is 19.4 Å². The number of ketones is 1. The van der Waals surface area contributed by atoms with E-state index in [9.17, 15) is 14.4 Å². The molecule has 0 aliphatic rings. The highest BCUT2D eigenvalue weighted by Gasteiger charge is 2.25. The lowest BCUT2D eigenvalue weighted by Gasteiger charge is -2.19. The predicted molar refractivity (Wildman–Crippen MR) is 97.3 cm³/mol. The van der Waals surface area contributed by atoms with Gasteiger partial charge in [0.15, 0.2) is 5.78 Å². The quantitative estimate of drug-likeness (QED) is 0.291. The average molecular weight is 363 g/mol. The Balaban J connectivity index is 2.51. The van der Waals surface area contributed by atoms with Gasteiger partial charge in [-0.15, -0.1) is 0 Å². The number of anilines is 1. The van der Waals surface area contributed by atoms with Crippen LogP contribution in [0.15, 0.2) is 30.3 Å². The zero-order chi connectivity index (χ0) is 19.4. The Labute approximate surface area is 152 Å². The van der Waals surface area contributed by atoms with Crippen LogP contribution in [-0.2, 0) is 23.9 Å². The van der Waals surface area contributed by atoms with Crippen LogP contribution < -0.4 is 10.6 Å². The van der Waals surface area contributed by atoms with Crippen molar-refractivity contribution in [3.05, 3.63) is 30.3 Å². The number of para-hydroxylation sites is 1. The summed E-state index contributed by atoms with van der Waals surface area (Å²) in [6.45, 7) is 2.06. The van der Waals surface area contributed by atoms with Crippen LogP contribution in [0, 0.1) is 5.41 Å². The van der Waals surface area contributed by atoms with Crippen LogP contribution in [0.1, 0.15) is 19.8 Å². The summed E-state index contributed by atoms with van der Waals surface area (Å²) in [6.07, 6.45) is -0.0243. The van der Waals surface area contributed by atoms with E-state index in [2.05, 4.69) is 10.6 Å². The Kier molecular flexibility index (Phi) is 9.63. The number of esters is 1. The Morgan fingerprint density at radius 3 is 2.54 bits per heavy atom. The molecule has 3 N–H and O–H groups in total. The first-order chi connectivity index (χ1) is 12.5. The highest BCUT2D eigenvalue weighted by Crippen LogP contribution is 2.05. The molecule has 0 fully saturated rings. The van der Waals surface area contributed by atoms with Gasteiger partial charge in [-0.25, -0.2) is 4.79 Å². The molecular formula is C18H25N3O5. The maximum absolute atomic E-state index is 12.2.